The zero-order chi connectivity index (χ0) is 13.5. The van der Waals surface area contributed by atoms with Crippen molar-refractivity contribution in [1.29, 1.82) is 0 Å². The van der Waals surface area contributed by atoms with Crippen LogP contribution in [0.2, 0.25) is 0 Å². The molecule has 0 fully saturated rings. The van der Waals surface area contributed by atoms with Gasteiger partial charge in [-0.05, 0) is 37.3 Å². The number of nitrogens with zero attached hydrogens (tertiary/aromatic N) is 1. The Labute approximate surface area is 109 Å². The normalized spacial score (nSPS) is 16.2. The minimum atomic E-state index is 0.389. The summed E-state index contributed by atoms with van der Waals surface area (Å²) in [4.78, 5) is 2.48. The molecule has 0 saturated carbocycles. The van der Waals surface area contributed by atoms with Crippen molar-refractivity contribution in [3.8, 4) is 0 Å². The predicted molar refractivity (Wildman–Crippen MR) is 78.5 cm³/mol. The fourth-order valence-corrected chi connectivity index (χ4v) is 2.38. The van der Waals surface area contributed by atoms with Gasteiger partial charge in [0.1, 0.15) is 0 Å². The van der Waals surface area contributed by atoms with Crippen LogP contribution in [0, 0.1) is 10.8 Å². The van der Waals surface area contributed by atoms with Crippen molar-refractivity contribution in [3.63, 3.8) is 0 Å². The van der Waals surface area contributed by atoms with E-state index in [0.717, 1.165) is 19.6 Å². The maximum Gasteiger partial charge on any atom is 0.00446 e. The minimum absolute atomic E-state index is 0.389. The second kappa shape index (κ2) is 7.38. The molecule has 0 bridgehead atoms. The summed E-state index contributed by atoms with van der Waals surface area (Å²) < 4.78 is 0. The van der Waals surface area contributed by atoms with Crippen molar-refractivity contribution in [2.45, 2.75) is 54.4 Å². The Balaban J connectivity index is 4.17. The summed E-state index contributed by atoms with van der Waals surface area (Å²) in [5.41, 5.74) is 0.787. The summed E-state index contributed by atoms with van der Waals surface area (Å²) in [6.45, 7) is 18.5. The van der Waals surface area contributed by atoms with Gasteiger partial charge in [0.15, 0.2) is 0 Å². The molecule has 2 heteroatoms. The Morgan fingerprint density at radius 1 is 1.00 bits per heavy atom. The van der Waals surface area contributed by atoms with E-state index in [1.54, 1.807) is 0 Å². The third-order valence-electron chi connectivity index (χ3n) is 3.23. The first-order valence-corrected chi connectivity index (χ1v) is 7.12. The molecule has 0 aliphatic rings. The van der Waals surface area contributed by atoms with E-state index in [4.69, 9.17) is 0 Å². The van der Waals surface area contributed by atoms with Crippen LogP contribution in [0.4, 0.5) is 0 Å². The van der Waals surface area contributed by atoms with Crippen molar-refractivity contribution >= 4 is 0 Å². The lowest BCUT2D eigenvalue weighted by Crippen LogP contribution is -2.43. The van der Waals surface area contributed by atoms with E-state index in [0.29, 0.717) is 10.8 Å². The van der Waals surface area contributed by atoms with Crippen LogP contribution in [0.1, 0.15) is 54.4 Å². The first kappa shape index (κ1) is 16.9. The van der Waals surface area contributed by atoms with Crippen LogP contribution < -0.4 is 5.32 Å². The van der Waals surface area contributed by atoms with E-state index < -0.39 is 0 Å². The van der Waals surface area contributed by atoms with Crippen LogP contribution in [-0.4, -0.2) is 38.1 Å². The van der Waals surface area contributed by atoms with Gasteiger partial charge in [0.25, 0.3) is 0 Å². The molecule has 0 rings (SSSR count). The lowest BCUT2D eigenvalue weighted by atomic mass is 9.86. The molecule has 0 aromatic rings. The smallest absolute Gasteiger partial charge is 0.00446 e. The number of rotatable bonds is 8. The van der Waals surface area contributed by atoms with Crippen LogP contribution in [0.25, 0.3) is 0 Å². The maximum atomic E-state index is 3.57. The molecule has 104 valence electrons. The molecule has 17 heavy (non-hydrogen) atoms. The van der Waals surface area contributed by atoms with Crippen LogP contribution in [-0.2, 0) is 0 Å². The van der Waals surface area contributed by atoms with Gasteiger partial charge in [-0.15, -0.1) is 0 Å². The summed E-state index contributed by atoms with van der Waals surface area (Å²) in [5, 5.41) is 3.57. The largest absolute Gasteiger partial charge is 0.316 e. The minimum Gasteiger partial charge on any atom is -0.316 e. The summed E-state index contributed by atoms with van der Waals surface area (Å²) in [6, 6.07) is 0. The van der Waals surface area contributed by atoms with Gasteiger partial charge in [-0.25, -0.2) is 0 Å². The molecular weight excluding hydrogens is 208 g/mol. The van der Waals surface area contributed by atoms with E-state index in [1.807, 2.05) is 0 Å². The monoisotopic (exact) mass is 242 g/mol. The lowest BCUT2D eigenvalue weighted by Gasteiger charge is -2.36. The van der Waals surface area contributed by atoms with Crippen molar-refractivity contribution in [2.24, 2.45) is 10.8 Å². The Kier molecular flexibility index (Phi) is 7.34. The zero-order valence-corrected chi connectivity index (χ0v) is 13.2. The van der Waals surface area contributed by atoms with Gasteiger partial charge < -0.3 is 10.2 Å². The molecule has 0 aliphatic heterocycles. The molecule has 1 unspecified atom stereocenters. The quantitative estimate of drug-likeness (QED) is 0.656. The summed E-state index contributed by atoms with van der Waals surface area (Å²) >= 11 is 0. The molecule has 0 aromatic heterocycles. The highest BCUT2D eigenvalue weighted by Crippen LogP contribution is 2.23. The van der Waals surface area contributed by atoms with Crippen molar-refractivity contribution in [1.82, 2.24) is 10.2 Å². The zero-order valence-electron chi connectivity index (χ0n) is 13.2. The lowest BCUT2D eigenvalue weighted by molar-refractivity contribution is 0.143. The van der Waals surface area contributed by atoms with E-state index in [-0.39, 0.29) is 0 Å². The van der Waals surface area contributed by atoms with Gasteiger partial charge in [-0.3, -0.25) is 0 Å². The van der Waals surface area contributed by atoms with E-state index in [9.17, 15) is 0 Å². The molecule has 0 amide bonds. The first-order valence-electron chi connectivity index (χ1n) is 7.12. The molecule has 0 aliphatic carbocycles. The van der Waals surface area contributed by atoms with E-state index in [2.05, 4.69) is 58.8 Å². The highest BCUT2D eigenvalue weighted by atomic mass is 15.1. The molecule has 0 saturated heterocycles. The van der Waals surface area contributed by atoms with Crippen molar-refractivity contribution in [2.75, 3.05) is 33.2 Å². The SMILES string of the molecule is CCCNCC(C)(CC)CN(C)CC(C)(C)C. The van der Waals surface area contributed by atoms with Crippen LogP contribution in [0.3, 0.4) is 0 Å². The number of hydrogen-bond donors (Lipinski definition) is 1. The van der Waals surface area contributed by atoms with Gasteiger partial charge in [-0.2, -0.15) is 0 Å². The Morgan fingerprint density at radius 2 is 1.59 bits per heavy atom. The summed E-state index contributed by atoms with van der Waals surface area (Å²) in [6.07, 6.45) is 2.45. The Morgan fingerprint density at radius 3 is 2.00 bits per heavy atom. The molecule has 0 radical (unpaired) electrons. The summed E-state index contributed by atoms with van der Waals surface area (Å²) in [7, 11) is 2.25. The molecule has 1 atom stereocenters. The fraction of sp³-hybridized carbons (Fsp3) is 1.00. The molecule has 0 aromatic carbocycles. The number of hydrogen-bond acceptors (Lipinski definition) is 2. The topological polar surface area (TPSA) is 15.3 Å². The van der Waals surface area contributed by atoms with Gasteiger partial charge in [-0.1, -0.05) is 41.5 Å². The molecule has 0 spiro atoms. The fourth-order valence-electron chi connectivity index (χ4n) is 2.38. The van der Waals surface area contributed by atoms with Gasteiger partial charge >= 0.3 is 0 Å². The maximum absolute atomic E-state index is 3.57. The second-order valence-electron chi connectivity index (χ2n) is 7.07. The van der Waals surface area contributed by atoms with Crippen molar-refractivity contribution in [3.05, 3.63) is 0 Å². The van der Waals surface area contributed by atoms with Crippen LogP contribution in [0.5, 0.6) is 0 Å². The summed E-state index contributed by atoms with van der Waals surface area (Å²) in [5.74, 6) is 0. The predicted octanol–water partition coefficient (Wildman–Crippen LogP) is 3.38. The highest BCUT2D eigenvalue weighted by molar-refractivity contribution is 4.80. The first-order chi connectivity index (χ1) is 7.72. The van der Waals surface area contributed by atoms with Gasteiger partial charge in [0, 0.05) is 19.6 Å². The number of nitrogens with one attached hydrogen (secondary N) is 1. The van der Waals surface area contributed by atoms with Crippen LogP contribution in [0.15, 0.2) is 0 Å². The van der Waals surface area contributed by atoms with Crippen LogP contribution >= 0.6 is 0 Å². The van der Waals surface area contributed by atoms with E-state index >= 15 is 0 Å². The third kappa shape index (κ3) is 8.62. The highest BCUT2D eigenvalue weighted by Gasteiger charge is 2.25. The average molecular weight is 242 g/mol. The van der Waals surface area contributed by atoms with Crippen molar-refractivity contribution < 1.29 is 0 Å². The average Bonchev–Trinajstić information content (AvgIpc) is 2.15. The van der Waals surface area contributed by atoms with Gasteiger partial charge in [0.2, 0.25) is 0 Å². The molecule has 2 nitrogen and oxygen atoms in total. The molecular formula is C15H34N2. The Bertz CT molecular complexity index is 196. The third-order valence-corrected chi connectivity index (χ3v) is 3.23. The van der Waals surface area contributed by atoms with E-state index in [1.165, 1.54) is 19.4 Å². The molecule has 0 heterocycles. The second-order valence-corrected chi connectivity index (χ2v) is 7.07. The van der Waals surface area contributed by atoms with Gasteiger partial charge in [0.05, 0.1) is 0 Å². The molecule has 1 N–H and O–H groups in total. The standard InChI is InChI=1S/C15H34N2/c1-8-10-16-11-15(6,9-2)13-17(7)12-14(3,4)5/h16H,8-13H2,1-7H3. The Hall–Kier alpha value is -0.0800.